The first kappa shape index (κ1) is 21.3. The maximum absolute atomic E-state index is 13.1. The molecule has 0 aliphatic heterocycles. The minimum atomic E-state index is -1.59. The highest BCUT2D eigenvalue weighted by molar-refractivity contribution is 6.03. The van der Waals surface area contributed by atoms with E-state index in [-0.39, 0.29) is 0 Å². The van der Waals surface area contributed by atoms with Gasteiger partial charge in [-0.3, -0.25) is 9.59 Å². The zero-order valence-electron chi connectivity index (χ0n) is 17.1. The number of hydrogen-bond donors (Lipinski definition) is 3. The van der Waals surface area contributed by atoms with Crippen LogP contribution in [0.15, 0.2) is 91.0 Å². The van der Waals surface area contributed by atoms with E-state index < -0.39 is 28.9 Å². The Balaban J connectivity index is 2.21. The van der Waals surface area contributed by atoms with E-state index in [0.717, 1.165) is 0 Å². The summed E-state index contributed by atoms with van der Waals surface area (Å²) < 4.78 is 0. The largest absolute Gasteiger partial charge is 0.378 e. The third-order valence-corrected chi connectivity index (χ3v) is 5.44. The molecule has 0 saturated carbocycles. The van der Waals surface area contributed by atoms with Crippen LogP contribution in [0.25, 0.3) is 0 Å². The zero-order valence-corrected chi connectivity index (χ0v) is 17.1. The Morgan fingerprint density at radius 3 is 1.60 bits per heavy atom. The topological polar surface area (TPSA) is 92.4 Å². The fraction of sp³-hybridized carbons (Fsp3) is 0.200. The van der Waals surface area contributed by atoms with Crippen molar-refractivity contribution in [3.8, 4) is 0 Å². The molecule has 0 saturated heterocycles. The second-order valence-corrected chi connectivity index (χ2v) is 7.80. The third kappa shape index (κ3) is 3.98. The SMILES string of the molecule is CC(C)(C(N)=O)C(=O)N[C@H](c1ccccc1)C(O)(c1ccccc1)c1ccccc1. The lowest BCUT2D eigenvalue weighted by Gasteiger charge is -2.39. The van der Waals surface area contributed by atoms with Gasteiger partial charge in [0.05, 0.1) is 6.04 Å². The summed E-state index contributed by atoms with van der Waals surface area (Å²) in [7, 11) is 0. The lowest BCUT2D eigenvalue weighted by Crippen LogP contribution is -2.51. The maximum atomic E-state index is 13.1. The Morgan fingerprint density at radius 2 is 1.20 bits per heavy atom. The van der Waals surface area contributed by atoms with Crippen molar-refractivity contribution >= 4 is 11.8 Å². The highest BCUT2D eigenvalue weighted by atomic mass is 16.3. The summed E-state index contributed by atoms with van der Waals surface area (Å²) >= 11 is 0. The molecule has 30 heavy (non-hydrogen) atoms. The summed E-state index contributed by atoms with van der Waals surface area (Å²) in [5, 5.41) is 15.1. The Bertz CT molecular complexity index is 963. The van der Waals surface area contributed by atoms with E-state index in [1.54, 1.807) is 0 Å². The van der Waals surface area contributed by atoms with E-state index in [1.165, 1.54) is 13.8 Å². The summed E-state index contributed by atoms with van der Waals surface area (Å²) in [4.78, 5) is 24.9. The van der Waals surface area contributed by atoms with E-state index in [4.69, 9.17) is 5.73 Å². The quantitative estimate of drug-likeness (QED) is 0.530. The van der Waals surface area contributed by atoms with Crippen LogP contribution in [-0.4, -0.2) is 16.9 Å². The highest BCUT2D eigenvalue weighted by Gasteiger charge is 2.45. The van der Waals surface area contributed by atoms with Crippen molar-refractivity contribution in [2.45, 2.75) is 25.5 Å². The summed E-state index contributed by atoms with van der Waals surface area (Å²) in [5.41, 5.74) is 4.34. The van der Waals surface area contributed by atoms with Crippen molar-refractivity contribution in [3.63, 3.8) is 0 Å². The van der Waals surface area contributed by atoms with Crippen LogP contribution in [0.5, 0.6) is 0 Å². The van der Waals surface area contributed by atoms with Crippen molar-refractivity contribution in [2.75, 3.05) is 0 Å². The number of amides is 2. The molecule has 5 heteroatoms. The van der Waals surface area contributed by atoms with Crippen LogP contribution in [0.2, 0.25) is 0 Å². The molecule has 1 atom stereocenters. The average molecular weight is 402 g/mol. The lowest BCUT2D eigenvalue weighted by molar-refractivity contribution is -0.141. The molecule has 4 N–H and O–H groups in total. The standard InChI is InChI=1S/C25H26N2O3/c1-24(2,22(26)28)23(29)27-21(18-12-6-3-7-13-18)25(30,19-14-8-4-9-15-19)20-16-10-5-11-17-20/h3-17,21,30H,1-2H3,(H2,26,28)(H,27,29)/t21-/m1/s1. The smallest absolute Gasteiger partial charge is 0.235 e. The van der Waals surface area contributed by atoms with Gasteiger partial charge in [0.25, 0.3) is 0 Å². The van der Waals surface area contributed by atoms with Crippen molar-refractivity contribution in [2.24, 2.45) is 11.1 Å². The summed E-state index contributed by atoms with van der Waals surface area (Å²) in [6, 6.07) is 26.6. The molecule has 3 rings (SSSR count). The Labute approximate surface area is 176 Å². The van der Waals surface area contributed by atoms with Gasteiger partial charge < -0.3 is 16.2 Å². The van der Waals surface area contributed by atoms with E-state index in [9.17, 15) is 14.7 Å². The van der Waals surface area contributed by atoms with Gasteiger partial charge in [0.15, 0.2) is 0 Å². The first-order valence-electron chi connectivity index (χ1n) is 9.77. The van der Waals surface area contributed by atoms with E-state index in [1.807, 2.05) is 91.0 Å². The minimum Gasteiger partial charge on any atom is -0.378 e. The van der Waals surface area contributed by atoms with E-state index >= 15 is 0 Å². The number of aliphatic hydroxyl groups is 1. The zero-order chi connectivity index (χ0) is 21.8. The fourth-order valence-electron chi connectivity index (χ4n) is 3.38. The molecule has 0 bridgehead atoms. The first-order chi connectivity index (χ1) is 14.3. The average Bonchev–Trinajstić information content (AvgIpc) is 2.78. The van der Waals surface area contributed by atoms with Gasteiger partial charge in [0.2, 0.25) is 11.8 Å². The molecule has 0 unspecified atom stereocenters. The molecule has 0 radical (unpaired) electrons. The molecule has 0 aromatic heterocycles. The van der Waals surface area contributed by atoms with E-state index in [0.29, 0.717) is 16.7 Å². The highest BCUT2D eigenvalue weighted by Crippen LogP contribution is 2.41. The number of benzene rings is 3. The number of nitrogens with one attached hydrogen (secondary N) is 1. The number of carbonyl (C=O) groups is 2. The molecule has 0 fully saturated rings. The normalized spacial score (nSPS) is 12.8. The van der Waals surface area contributed by atoms with Gasteiger partial charge in [-0.15, -0.1) is 0 Å². The van der Waals surface area contributed by atoms with Gasteiger partial charge in [-0.25, -0.2) is 0 Å². The predicted octanol–water partition coefficient (Wildman–Crippen LogP) is 3.29. The Hall–Kier alpha value is -3.44. The summed E-state index contributed by atoms with van der Waals surface area (Å²) in [6.45, 7) is 2.94. The van der Waals surface area contributed by atoms with Gasteiger partial charge in [-0.1, -0.05) is 91.0 Å². The molecule has 2 amide bonds. The Kier molecular flexibility index (Phi) is 6.04. The van der Waals surface area contributed by atoms with Crippen LogP contribution >= 0.6 is 0 Å². The molecule has 3 aromatic rings. The maximum Gasteiger partial charge on any atom is 0.235 e. The molecule has 3 aromatic carbocycles. The molecule has 0 heterocycles. The van der Waals surface area contributed by atoms with Crippen LogP contribution in [0, 0.1) is 5.41 Å². The monoisotopic (exact) mass is 402 g/mol. The van der Waals surface area contributed by atoms with Gasteiger partial charge in [0, 0.05) is 0 Å². The van der Waals surface area contributed by atoms with E-state index in [2.05, 4.69) is 5.32 Å². The van der Waals surface area contributed by atoms with Crippen molar-refractivity contribution in [1.82, 2.24) is 5.32 Å². The second kappa shape index (κ2) is 8.51. The molecule has 5 nitrogen and oxygen atoms in total. The van der Waals surface area contributed by atoms with Crippen LogP contribution in [0.4, 0.5) is 0 Å². The predicted molar refractivity (Wildman–Crippen MR) is 116 cm³/mol. The number of primary amides is 1. The molecule has 154 valence electrons. The van der Waals surface area contributed by atoms with Crippen LogP contribution < -0.4 is 11.1 Å². The molecule has 0 aliphatic carbocycles. The summed E-state index contributed by atoms with van der Waals surface area (Å²) in [6.07, 6.45) is 0. The van der Waals surface area contributed by atoms with Crippen molar-refractivity contribution in [3.05, 3.63) is 108 Å². The number of nitrogens with two attached hydrogens (primary N) is 1. The van der Waals surface area contributed by atoms with Crippen LogP contribution in [-0.2, 0) is 15.2 Å². The Morgan fingerprint density at radius 1 is 0.800 bits per heavy atom. The number of rotatable bonds is 7. The molecule has 0 spiro atoms. The van der Waals surface area contributed by atoms with Crippen LogP contribution in [0.3, 0.4) is 0 Å². The summed E-state index contributed by atoms with van der Waals surface area (Å²) in [5.74, 6) is -1.30. The molecular weight excluding hydrogens is 376 g/mol. The lowest BCUT2D eigenvalue weighted by atomic mass is 9.76. The third-order valence-electron chi connectivity index (χ3n) is 5.44. The van der Waals surface area contributed by atoms with Crippen molar-refractivity contribution < 1.29 is 14.7 Å². The first-order valence-corrected chi connectivity index (χ1v) is 9.77. The van der Waals surface area contributed by atoms with Crippen LogP contribution in [0.1, 0.15) is 36.6 Å². The fourth-order valence-corrected chi connectivity index (χ4v) is 3.38. The second-order valence-electron chi connectivity index (χ2n) is 7.80. The molecular formula is C25H26N2O3. The molecule has 0 aliphatic rings. The minimum absolute atomic E-state index is 0.561. The van der Waals surface area contributed by atoms with Gasteiger partial charge in [0.1, 0.15) is 11.0 Å². The number of hydrogen-bond acceptors (Lipinski definition) is 3. The van der Waals surface area contributed by atoms with Gasteiger partial charge in [-0.2, -0.15) is 0 Å². The number of carbonyl (C=O) groups excluding carboxylic acids is 2. The van der Waals surface area contributed by atoms with Crippen molar-refractivity contribution in [1.29, 1.82) is 0 Å². The van der Waals surface area contributed by atoms with Gasteiger partial charge >= 0.3 is 0 Å². The van der Waals surface area contributed by atoms with Gasteiger partial charge in [-0.05, 0) is 30.5 Å².